The molecule has 3 N–H and O–H groups in total. The molecule has 0 saturated carbocycles. The molecule has 5 nitrogen and oxygen atoms in total. The van der Waals surface area contributed by atoms with Gasteiger partial charge in [-0.2, -0.15) is 0 Å². The first-order chi connectivity index (χ1) is 14.0. The summed E-state index contributed by atoms with van der Waals surface area (Å²) in [6.07, 6.45) is 0. The molecule has 1 aromatic heterocycles. The lowest BCUT2D eigenvalue weighted by Gasteiger charge is -2.31. The van der Waals surface area contributed by atoms with Crippen LogP contribution in [0.4, 0.5) is 20.3 Å². The van der Waals surface area contributed by atoms with E-state index in [4.69, 9.17) is 5.73 Å². The summed E-state index contributed by atoms with van der Waals surface area (Å²) in [5, 5.41) is 3.36. The number of nitrogens with zero attached hydrogens (tertiary/aromatic N) is 3. The van der Waals surface area contributed by atoms with Crippen LogP contribution in [0.2, 0.25) is 0 Å². The maximum atomic E-state index is 14.6. The fourth-order valence-corrected chi connectivity index (χ4v) is 3.50. The Balaban J connectivity index is 1.81. The Labute approximate surface area is 168 Å². The number of hydrogen-bond acceptors (Lipinski definition) is 4. The van der Waals surface area contributed by atoms with Crippen LogP contribution in [0.5, 0.6) is 0 Å². The Bertz CT molecular complexity index is 1060. The third-order valence-corrected chi connectivity index (χ3v) is 5.15. The van der Waals surface area contributed by atoms with Gasteiger partial charge in [-0.05, 0) is 37.3 Å². The van der Waals surface area contributed by atoms with Crippen molar-refractivity contribution in [2.75, 3.05) is 18.4 Å². The minimum absolute atomic E-state index is 0.130. The number of rotatable bonds is 5. The highest BCUT2D eigenvalue weighted by Gasteiger charge is 2.26. The van der Waals surface area contributed by atoms with Gasteiger partial charge in [-0.1, -0.05) is 24.3 Å². The number of nitrogens with one attached hydrogen (secondary N) is 1. The van der Waals surface area contributed by atoms with Crippen LogP contribution in [0, 0.1) is 18.6 Å². The largest absolute Gasteiger partial charge is 0.365 e. The van der Waals surface area contributed by atoms with Crippen LogP contribution in [-0.2, 0) is 13.1 Å². The molecule has 1 aliphatic rings. The summed E-state index contributed by atoms with van der Waals surface area (Å²) < 4.78 is 30.5. The molecule has 150 valence electrons. The van der Waals surface area contributed by atoms with E-state index in [-0.39, 0.29) is 5.56 Å². The lowest BCUT2D eigenvalue weighted by atomic mass is 10.1. The summed E-state index contributed by atoms with van der Waals surface area (Å²) in [5.41, 5.74) is 9.06. The van der Waals surface area contributed by atoms with Crippen molar-refractivity contribution in [1.29, 1.82) is 0 Å². The molecule has 0 unspecified atom stereocenters. The number of fused-ring (bicyclic) bond motifs is 1. The van der Waals surface area contributed by atoms with Gasteiger partial charge in [0.25, 0.3) is 0 Å². The molecule has 29 heavy (non-hydrogen) atoms. The van der Waals surface area contributed by atoms with Crippen LogP contribution >= 0.6 is 0 Å². The zero-order valence-corrected chi connectivity index (χ0v) is 16.3. The van der Waals surface area contributed by atoms with Gasteiger partial charge in [-0.3, -0.25) is 0 Å². The maximum Gasteiger partial charge on any atom is 0.139 e. The standard InChI is InChI=1S/C22H23F2N5/c1-14-3-6-17(7-4-14)26-22-21(18-11-16(23)5-8-19(18)24)27-20-13-28(15(2)12-25)9-10-29(20)22/h3-8,11,26H,2,9-10,12-13,25H2,1H3. The van der Waals surface area contributed by atoms with Gasteiger partial charge in [0.1, 0.15) is 29.0 Å². The molecule has 2 heterocycles. The molecule has 4 rings (SSSR count). The number of hydrogen-bond donors (Lipinski definition) is 2. The average molecular weight is 395 g/mol. The molecule has 0 spiro atoms. The molecule has 1 aliphatic heterocycles. The molecule has 0 bridgehead atoms. The zero-order valence-electron chi connectivity index (χ0n) is 16.3. The van der Waals surface area contributed by atoms with Crippen molar-refractivity contribution in [2.24, 2.45) is 5.73 Å². The van der Waals surface area contributed by atoms with Crippen LogP contribution < -0.4 is 11.1 Å². The molecule has 0 amide bonds. The van der Waals surface area contributed by atoms with Crippen molar-refractivity contribution >= 4 is 11.5 Å². The van der Waals surface area contributed by atoms with Crippen LogP contribution in [0.25, 0.3) is 11.3 Å². The summed E-state index contributed by atoms with van der Waals surface area (Å²) in [6.45, 7) is 8.23. The first-order valence-corrected chi connectivity index (χ1v) is 9.47. The van der Waals surface area contributed by atoms with Gasteiger partial charge in [-0.15, -0.1) is 0 Å². The average Bonchev–Trinajstić information content (AvgIpc) is 3.08. The summed E-state index contributed by atoms with van der Waals surface area (Å²) >= 11 is 0. The number of nitrogens with two attached hydrogens (primary N) is 1. The summed E-state index contributed by atoms with van der Waals surface area (Å²) in [5.74, 6) is 0.370. The minimum atomic E-state index is -0.517. The van der Waals surface area contributed by atoms with Gasteiger partial charge in [0, 0.05) is 36.6 Å². The number of anilines is 2. The third kappa shape index (κ3) is 3.73. The highest BCUT2D eigenvalue weighted by molar-refractivity contribution is 5.77. The summed E-state index contributed by atoms with van der Waals surface area (Å²) in [7, 11) is 0. The van der Waals surface area contributed by atoms with Gasteiger partial charge in [0.2, 0.25) is 0 Å². The molecule has 7 heteroatoms. The molecule has 0 aliphatic carbocycles. The van der Waals surface area contributed by atoms with Crippen molar-refractivity contribution in [3.05, 3.63) is 77.8 Å². The van der Waals surface area contributed by atoms with Crippen LogP contribution in [0.1, 0.15) is 11.4 Å². The maximum absolute atomic E-state index is 14.6. The summed E-state index contributed by atoms with van der Waals surface area (Å²) in [6, 6.07) is 11.3. The quantitative estimate of drug-likeness (QED) is 0.681. The van der Waals surface area contributed by atoms with E-state index in [1.807, 2.05) is 35.8 Å². The fourth-order valence-electron chi connectivity index (χ4n) is 3.50. The Morgan fingerprint density at radius 2 is 1.93 bits per heavy atom. The molecule has 0 saturated heterocycles. The van der Waals surface area contributed by atoms with Crippen molar-refractivity contribution in [3.63, 3.8) is 0 Å². The van der Waals surface area contributed by atoms with Gasteiger partial charge >= 0.3 is 0 Å². The highest BCUT2D eigenvalue weighted by atomic mass is 19.1. The minimum Gasteiger partial charge on any atom is -0.365 e. The molecule has 0 radical (unpaired) electrons. The molecule has 0 fully saturated rings. The predicted molar refractivity (Wildman–Crippen MR) is 111 cm³/mol. The Morgan fingerprint density at radius 3 is 2.66 bits per heavy atom. The van der Waals surface area contributed by atoms with Crippen molar-refractivity contribution in [1.82, 2.24) is 14.5 Å². The van der Waals surface area contributed by atoms with Crippen molar-refractivity contribution in [2.45, 2.75) is 20.0 Å². The van der Waals surface area contributed by atoms with E-state index in [1.54, 1.807) is 0 Å². The number of imidazole rings is 1. The topological polar surface area (TPSA) is 59.1 Å². The zero-order chi connectivity index (χ0) is 20.5. The lowest BCUT2D eigenvalue weighted by molar-refractivity contribution is 0.272. The van der Waals surface area contributed by atoms with Crippen LogP contribution in [0.15, 0.2) is 54.7 Å². The molecular formula is C22H23F2N5. The van der Waals surface area contributed by atoms with Gasteiger partial charge < -0.3 is 20.5 Å². The molecule has 2 aromatic carbocycles. The molecular weight excluding hydrogens is 372 g/mol. The van der Waals surface area contributed by atoms with E-state index in [0.717, 1.165) is 34.9 Å². The van der Waals surface area contributed by atoms with E-state index in [0.29, 0.717) is 37.7 Å². The number of benzene rings is 2. The fraction of sp³-hybridized carbons (Fsp3) is 0.227. The van der Waals surface area contributed by atoms with Crippen LogP contribution in [-0.4, -0.2) is 27.5 Å². The van der Waals surface area contributed by atoms with Crippen molar-refractivity contribution in [3.8, 4) is 11.3 Å². The van der Waals surface area contributed by atoms with Gasteiger partial charge in [0.15, 0.2) is 0 Å². The molecule has 0 atom stereocenters. The van der Waals surface area contributed by atoms with Gasteiger partial charge in [0.05, 0.1) is 6.54 Å². The summed E-state index contributed by atoms with van der Waals surface area (Å²) in [4.78, 5) is 6.73. The predicted octanol–water partition coefficient (Wildman–Crippen LogP) is 4.17. The van der Waals surface area contributed by atoms with E-state index >= 15 is 0 Å². The normalized spacial score (nSPS) is 13.3. The lowest BCUT2D eigenvalue weighted by Crippen LogP contribution is -2.35. The second-order valence-corrected chi connectivity index (χ2v) is 7.18. The van der Waals surface area contributed by atoms with Crippen molar-refractivity contribution < 1.29 is 8.78 Å². The van der Waals surface area contributed by atoms with Crippen LogP contribution in [0.3, 0.4) is 0 Å². The van der Waals surface area contributed by atoms with E-state index in [1.165, 1.54) is 6.07 Å². The Kier molecular flexibility index (Phi) is 5.07. The molecule has 3 aromatic rings. The third-order valence-electron chi connectivity index (χ3n) is 5.15. The number of aromatic nitrogens is 2. The SMILES string of the molecule is C=C(CN)N1CCn2c(nc(-c3cc(F)ccc3F)c2Nc2ccc(C)cc2)C1. The second kappa shape index (κ2) is 7.67. The Hall–Kier alpha value is -3.19. The van der Waals surface area contributed by atoms with Gasteiger partial charge in [-0.25, -0.2) is 13.8 Å². The van der Waals surface area contributed by atoms with E-state index in [9.17, 15) is 8.78 Å². The first-order valence-electron chi connectivity index (χ1n) is 9.47. The monoisotopic (exact) mass is 395 g/mol. The van der Waals surface area contributed by atoms with E-state index in [2.05, 4.69) is 21.8 Å². The number of halogens is 2. The number of aryl methyl sites for hydroxylation is 1. The van der Waals surface area contributed by atoms with E-state index < -0.39 is 11.6 Å². The highest BCUT2D eigenvalue weighted by Crippen LogP contribution is 2.35. The first kappa shape index (κ1) is 19.1. The Morgan fingerprint density at radius 1 is 1.17 bits per heavy atom. The second-order valence-electron chi connectivity index (χ2n) is 7.18. The smallest absolute Gasteiger partial charge is 0.139 e.